The summed E-state index contributed by atoms with van der Waals surface area (Å²) in [5.74, 6) is -1.03. The average Bonchev–Trinajstić information content (AvgIpc) is 3.15. The van der Waals surface area contributed by atoms with Crippen LogP contribution in [0.15, 0.2) is 48.6 Å². The maximum Gasteiger partial charge on any atom is 0.328 e. The van der Waals surface area contributed by atoms with Crippen LogP contribution in [0.4, 0.5) is 0 Å². The molecule has 2 aromatic carbocycles. The summed E-state index contributed by atoms with van der Waals surface area (Å²) in [4.78, 5) is 42.8. The molecule has 2 aromatic rings. The molecule has 0 spiro atoms. The number of aliphatic carboxylic acids is 2. The van der Waals surface area contributed by atoms with Crippen molar-refractivity contribution < 1.29 is 58.6 Å². The Bertz CT molecular complexity index is 1320. The molecule has 0 aliphatic heterocycles. The van der Waals surface area contributed by atoms with E-state index in [1.54, 1.807) is 24.3 Å². The summed E-state index contributed by atoms with van der Waals surface area (Å²) in [5, 5.41) is 41.8. The number of Topliss-reactive ketones (excluding diaryl/α,β-unsaturated/α-hetero) is 2. The predicted molar refractivity (Wildman–Crippen MR) is 206 cm³/mol. The Hall–Kier alpha value is -4.18. The summed E-state index contributed by atoms with van der Waals surface area (Å²) in [6.45, 7) is 18.9. The largest absolute Gasteiger partial charge is 0.490 e. The van der Waals surface area contributed by atoms with Crippen LogP contribution in [0.5, 0.6) is 11.5 Å². The van der Waals surface area contributed by atoms with Crippen LogP contribution in [-0.4, -0.2) is 108 Å². The molecule has 0 aromatic heterocycles. The average molecular weight is 763 g/mol. The zero-order valence-electron chi connectivity index (χ0n) is 33.1. The van der Waals surface area contributed by atoms with Gasteiger partial charge in [-0.05, 0) is 50.2 Å². The lowest BCUT2D eigenvalue weighted by Gasteiger charge is -2.17. The fourth-order valence-corrected chi connectivity index (χ4v) is 4.22. The maximum absolute atomic E-state index is 11.8. The van der Waals surface area contributed by atoms with E-state index in [1.165, 1.54) is 0 Å². The number of ketones is 2. The van der Waals surface area contributed by atoms with Crippen LogP contribution in [0.1, 0.15) is 100 Å². The first-order valence-electron chi connectivity index (χ1n) is 18.3. The van der Waals surface area contributed by atoms with Crippen molar-refractivity contribution in [1.82, 2.24) is 10.6 Å². The SMILES string of the molecule is CCOCc1cc(C(=O)CC)ccc1OCC(O)CNC(C)C.CCOCc1cc(C(=O)CC)ccc1OCC(O)CNC(C)C.O=C(O)/C=C/C(=O)O. The minimum atomic E-state index is -1.26. The van der Waals surface area contributed by atoms with Gasteiger partial charge < -0.3 is 50.0 Å². The molecule has 0 aliphatic carbocycles. The first-order chi connectivity index (χ1) is 25.6. The van der Waals surface area contributed by atoms with E-state index in [9.17, 15) is 29.4 Å². The maximum atomic E-state index is 11.8. The topological polar surface area (TPSA) is 210 Å². The van der Waals surface area contributed by atoms with E-state index in [1.807, 2.05) is 67.5 Å². The fraction of sp³-hybridized carbons (Fsp3) is 0.550. The molecule has 0 heterocycles. The molecule has 14 heteroatoms. The van der Waals surface area contributed by atoms with Gasteiger partial charge >= 0.3 is 11.9 Å². The van der Waals surface area contributed by atoms with E-state index in [0.717, 1.165) is 11.1 Å². The third kappa shape index (κ3) is 23.5. The Morgan fingerprint density at radius 3 is 1.26 bits per heavy atom. The van der Waals surface area contributed by atoms with Crippen molar-refractivity contribution in [3.63, 3.8) is 0 Å². The van der Waals surface area contributed by atoms with Crippen LogP contribution in [0, 0.1) is 0 Å². The first-order valence-corrected chi connectivity index (χ1v) is 18.3. The number of ether oxygens (including phenoxy) is 4. The molecule has 304 valence electrons. The Balaban J connectivity index is 0.000000867. The highest BCUT2D eigenvalue weighted by atomic mass is 16.5. The van der Waals surface area contributed by atoms with Crippen LogP contribution in [0.25, 0.3) is 0 Å². The molecule has 2 unspecified atom stereocenters. The molecule has 6 N–H and O–H groups in total. The van der Waals surface area contributed by atoms with Crippen LogP contribution < -0.4 is 20.1 Å². The molecule has 2 atom stereocenters. The van der Waals surface area contributed by atoms with Gasteiger partial charge in [-0.25, -0.2) is 9.59 Å². The van der Waals surface area contributed by atoms with Crippen LogP contribution in [0.3, 0.4) is 0 Å². The van der Waals surface area contributed by atoms with Crippen molar-refractivity contribution in [2.75, 3.05) is 39.5 Å². The number of rotatable bonds is 24. The summed E-state index contributed by atoms with van der Waals surface area (Å²) in [5.41, 5.74) is 2.98. The van der Waals surface area contributed by atoms with Crippen molar-refractivity contribution in [3.8, 4) is 11.5 Å². The first kappa shape index (κ1) is 49.8. The van der Waals surface area contributed by atoms with Gasteiger partial charge in [0.25, 0.3) is 0 Å². The smallest absolute Gasteiger partial charge is 0.328 e. The number of aliphatic hydroxyl groups is 2. The van der Waals surface area contributed by atoms with Crippen molar-refractivity contribution in [2.45, 2.75) is 106 Å². The van der Waals surface area contributed by atoms with Gasteiger partial charge in [0, 0.05) is 85.6 Å². The Kier molecular flexibility index (Phi) is 27.0. The van der Waals surface area contributed by atoms with Crippen LogP contribution in [0.2, 0.25) is 0 Å². The van der Waals surface area contributed by atoms with Gasteiger partial charge in [-0.3, -0.25) is 9.59 Å². The van der Waals surface area contributed by atoms with E-state index in [-0.39, 0.29) is 24.8 Å². The number of carbonyl (C=O) groups is 4. The zero-order chi connectivity index (χ0) is 41.1. The lowest BCUT2D eigenvalue weighted by Crippen LogP contribution is -2.35. The molecule has 0 fully saturated rings. The summed E-state index contributed by atoms with van der Waals surface area (Å²) >= 11 is 0. The molecule has 0 bridgehead atoms. The van der Waals surface area contributed by atoms with E-state index in [0.29, 0.717) is 99.2 Å². The van der Waals surface area contributed by atoms with Crippen LogP contribution in [-0.2, 0) is 32.3 Å². The van der Waals surface area contributed by atoms with Gasteiger partial charge in [0.05, 0.1) is 13.2 Å². The molecule has 0 saturated carbocycles. The van der Waals surface area contributed by atoms with E-state index in [4.69, 9.17) is 29.2 Å². The zero-order valence-corrected chi connectivity index (χ0v) is 33.1. The number of carbonyl (C=O) groups excluding carboxylic acids is 2. The predicted octanol–water partition coefficient (Wildman–Crippen LogP) is 4.82. The Morgan fingerprint density at radius 1 is 0.630 bits per heavy atom. The highest BCUT2D eigenvalue weighted by Crippen LogP contribution is 2.24. The summed E-state index contributed by atoms with van der Waals surface area (Å²) in [6, 6.07) is 11.3. The minimum absolute atomic E-state index is 0.0930. The third-order valence-electron chi connectivity index (χ3n) is 7.08. The molecule has 2 rings (SSSR count). The summed E-state index contributed by atoms with van der Waals surface area (Å²) in [6.07, 6.45) is 0.871. The Labute approximate surface area is 319 Å². The number of aliphatic hydroxyl groups excluding tert-OH is 2. The number of hydrogen-bond donors (Lipinski definition) is 6. The van der Waals surface area contributed by atoms with Gasteiger partial charge in [0.15, 0.2) is 11.6 Å². The van der Waals surface area contributed by atoms with Gasteiger partial charge in [0.1, 0.15) is 36.9 Å². The number of hydrogen-bond acceptors (Lipinski definition) is 12. The molecule has 54 heavy (non-hydrogen) atoms. The van der Waals surface area contributed by atoms with Crippen LogP contribution >= 0.6 is 0 Å². The normalized spacial score (nSPS) is 12.0. The second kappa shape index (κ2) is 29.2. The summed E-state index contributed by atoms with van der Waals surface area (Å²) < 4.78 is 22.3. The van der Waals surface area contributed by atoms with Gasteiger partial charge in [-0.2, -0.15) is 0 Å². The molecule has 0 aliphatic rings. The summed E-state index contributed by atoms with van der Waals surface area (Å²) in [7, 11) is 0. The second-order valence-electron chi connectivity index (χ2n) is 12.5. The van der Waals surface area contributed by atoms with Gasteiger partial charge in [-0.15, -0.1) is 0 Å². The third-order valence-corrected chi connectivity index (χ3v) is 7.08. The van der Waals surface area contributed by atoms with Gasteiger partial charge in [0.2, 0.25) is 0 Å². The quantitative estimate of drug-likeness (QED) is 0.0626. The lowest BCUT2D eigenvalue weighted by molar-refractivity contribution is -0.134. The van der Waals surface area contributed by atoms with Crippen molar-refractivity contribution in [1.29, 1.82) is 0 Å². The van der Waals surface area contributed by atoms with E-state index in [2.05, 4.69) is 10.6 Å². The molecule has 0 saturated heterocycles. The number of carboxylic acid groups (broad SMARTS) is 2. The van der Waals surface area contributed by atoms with Crippen molar-refractivity contribution in [3.05, 3.63) is 70.8 Å². The Morgan fingerprint density at radius 2 is 0.981 bits per heavy atom. The second-order valence-corrected chi connectivity index (χ2v) is 12.5. The highest BCUT2D eigenvalue weighted by Gasteiger charge is 2.14. The molecule has 0 amide bonds. The van der Waals surface area contributed by atoms with E-state index >= 15 is 0 Å². The lowest BCUT2D eigenvalue weighted by atomic mass is 10.1. The standard InChI is InChI=1S/2C18H29NO4.C4H4O4/c2*1-5-17(21)14-7-8-18(15(9-14)11-22-6-2)23-12-16(20)10-19-13(3)4;5-3(6)1-2-4(7)8/h2*7-9,13,16,19-20H,5-6,10-12H2,1-4H3;1-2H,(H,5,6)(H,7,8)/b;;2-1+. The van der Waals surface area contributed by atoms with Crippen molar-refractivity contribution >= 4 is 23.5 Å². The monoisotopic (exact) mass is 762 g/mol. The van der Waals surface area contributed by atoms with E-state index < -0.39 is 24.1 Å². The number of benzene rings is 2. The minimum Gasteiger partial charge on any atom is -0.490 e. The number of nitrogens with one attached hydrogen (secondary N) is 2. The molecule has 14 nitrogen and oxygen atoms in total. The molecule has 0 radical (unpaired) electrons. The molecular formula is C40H62N2O12. The van der Waals surface area contributed by atoms with Gasteiger partial charge in [-0.1, -0.05) is 41.5 Å². The number of carboxylic acids is 2. The highest BCUT2D eigenvalue weighted by molar-refractivity contribution is 5.96. The van der Waals surface area contributed by atoms with Crippen molar-refractivity contribution in [2.24, 2.45) is 0 Å². The molecular weight excluding hydrogens is 700 g/mol. The fourth-order valence-electron chi connectivity index (χ4n) is 4.22.